The molecule has 2 nitrogen and oxygen atoms in total. The second-order valence-corrected chi connectivity index (χ2v) is 7.21. The van der Waals surface area contributed by atoms with Crippen molar-refractivity contribution in [3.63, 3.8) is 0 Å². The Kier molecular flexibility index (Phi) is 8.19. The minimum Gasteiger partial charge on any atom is -0.300 e. The van der Waals surface area contributed by atoms with Gasteiger partial charge in [-0.1, -0.05) is 54.6 Å². The summed E-state index contributed by atoms with van der Waals surface area (Å²) in [6, 6.07) is 10.3. The van der Waals surface area contributed by atoms with E-state index in [0.29, 0.717) is 6.42 Å². The van der Waals surface area contributed by atoms with Crippen molar-refractivity contribution in [1.82, 2.24) is 0 Å². The van der Waals surface area contributed by atoms with Gasteiger partial charge in [-0.25, -0.2) is 0 Å². The third kappa shape index (κ3) is 6.63. The highest BCUT2D eigenvalue weighted by molar-refractivity contribution is 6.12. The third-order valence-electron chi connectivity index (χ3n) is 4.82. The van der Waals surface area contributed by atoms with Crippen LogP contribution < -0.4 is 0 Å². The zero-order valence-electron chi connectivity index (χ0n) is 16.9. The first-order valence-corrected chi connectivity index (χ1v) is 9.80. The second kappa shape index (κ2) is 10.6. The molecule has 0 atom stereocenters. The molecule has 1 aliphatic carbocycles. The van der Waals surface area contributed by atoms with Crippen molar-refractivity contribution in [1.29, 1.82) is 0 Å². The predicted molar refractivity (Wildman–Crippen MR) is 116 cm³/mol. The summed E-state index contributed by atoms with van der Waals surface area (Å²) in [6.07, 6.45) is 12.4. The Bertz CT molecular complexity index is 791. The molecule has 1 aliphatic rings. The lowest BCUT2D eigenvalue weighted by Crippen LogP contribution is -2.07. The molecule has 0 radical (unpaired) electrons. The summed E-state index contributed by atoms with van der Waals surface area (Å²) >= 11 is 0. The molecule has 0 spiro atoms. The number of Topliss-reactive ketones (excluding diaryl/α,β-unsaturated/α-hetero) is 1. The lowest BCUT2D eigenvalue weighted by atomic mass is 9.91. The number of carbonyl (C=O) groups excluding carboxylic acids is 1. The minimum absolute atomic E-state index is 0.261. The van der Waals surface area contributed by atoms with Gasteiger partial charge in [-0.15, -0.1) is 0 Å². The first-order valence-electron chi connectivity index (χ1n) is 9.80. The van der Waals surface area contributed by atoms with E-state index in [2.05, 4.69) is 48.9 Å². The fourth-order valence-electron chi connectivity index (χ4n) is 3.37. The Labute approximate surface area is 164 Å². The van der Waals surface area contributed by atoms with Crippen molar-refractivity contribution in [3.8, 4) is 0 Å². The highest BCUT2D eigenvalue weighted by Crippen LogP contribution is 2.26. The molecule has 27 heavy (non-hydrogen) atoms. The quantitative estimate of drug-likeness (QED) is 0.369. The van der Waals surface area contributed by atoms with Crippen molar-refractivity contribution < 1.29 is 4.79 Å². The number of allylic oxidation sites excluding steroid dienone is 7. The molecule has 2 rings (SSSR count). The summed E-state index contributed by atoms with van der Waals surface area (Å²) in [7, 11) is 1.86. The average molecular weight is 362 g/mol. The maximum absolute atomic E-state index is 11.3. The third-order valence-corrected chi connectivity index (χ3v) is 4.82. The van der Waals surface area contributed by atoms with E-state index in [1.165, 1.54) is 16.7 Å². The summed E-state index contributed by atoms with van der Waals surface area (Å²) in [5.41, 5.74) is 7.11. The Hall–Kier alpha value is -2.48. The Morgan fingerprint density at radius 3 is 2.48 bits per heavy atom. The highest BCUT2D eigenvalue weighted by Gasteiger charge is 2.12. The van der Waals surface area contributed by atoms with Crippen molar-refractivity contribution in [2.45, 2.75) is 52.4 Å². The van der Waals surface area contributed by atoms with Crippen molar-refractivity contribution in [2.24, 2.45) is 4.99 Å². The van der Waals surface area contributed by atoms with E-state index in [9.17, 15) is 4.79 Å². The minimum atomic E-state index is 0.261. The van der Waals surface area contributed by atoms with Gasteiger partial charge in [0.1, 0.15) is 5.78 Å². The smallest absolute Gasteiger partial charge is 0.129 e. The van der Waals surface area contributed by atoms with E-state index >= 15 is 0 Å². The topological polar surface area (TPSA) is 29.4 Å². The molecule has 0 saturated heterocycles. The van der Waals surface area contributed by atoms with Gasteiger partial charge in [-0.3, -0.25) is 4.99 Å². The number of benzene rings is 1. The van der Waals surface area contributed by atoms with Gasteiger partial charge in [-0.2, -0.15) is 0 Å². The molecule has 1 aromatic rings. The van der Waals surface area contributed by atoms with Crippen LogP contribution in [0.2, 0.25) is 0 Å². The zero-order chi connectivity index (χ0) is 19.6. The number of carbonyl (C=O) groups is 1. The summed E-state index contributed by atoms with van der Waals surface area (Å²) in [6.45, 7) is 7.83. The predicted octanol–water partition coefficient (Wildman–Crippen LogP) is 6.40. The van der Waals surface area contributed by atoms with E-state index in [-0.39, 0.29) is 5.78 Å². The number of nitrogens with zero attached hydrogens (tertiary/aromatic N) is 1. The largest absolute Gasteiger partial charge is 0.300 e. The molecule has 0 amide bonds. The van der Waals surface area contributed by atoms with Gasteiger partial charge in [0.2, 0.25) is 0 Å². The van der Waals surface area contributed by atoms with E-state index in [1.54, 1.807) is 6.92 Å². The van der Waals surface area contributed by atoms with Crippen LogP contribution in [0.4, 0.5) is 0 Å². The highest BCUT2D eigenvalue weighted by atomic mass is 16.1. The lowest BCUT2D eigenvalue weighted by Gasteiger charge is -2.15. The number of rotatable bonds is 9. The fraction of sp³-hybridized carbons (Fsp3) is 0.360. The molecular formula is C25H31NO. The standard InChI is InChI=1S/C25H31NO/c1-19(2)23-16-10-12-21(17-23)18-24(15-9-8-11-20(3)27)25(26-4)22-13-6-5-7-14-22/h5-7,12-14,17-18H,1,8-11,15-16H2,2-4H3/b24-18-,26-25?. The molecule has 2 heteroatoms. The van der Waals surface area contributed by atoms with Crippen molar-refractivity contribution in [3.05, 3.63) is 83.0 Å². The Balaban J connectivity index is 2.30. The first kappa shape index (κ1) is 20.8. The van der Waals surface area contributed by atoms with E-state index in [1.807, 2.05) is 25.2 Å². The van der Waals surface area contributed by atoms with Crippen LogP contribution in [0.5, 0.6) is 0 Å². The molecule has 0 saturated carbocycles. The number of hydrogen-bond acceptors (Lipinski definition) is 2. The van der Waals surface area contributed by atoms with Crippen LogP contribution in [0.1, 0.15) is 57.9 Å². The average Bonchev–Trinajstić information content (AvgIpc) is 2.66. The maximum Gasteiger partial charge on any atom is 0.129 e. The Morgan fingerprint density at radius 1 is 1.15 bits per heavy atom. The molecule has 0 heterocycles. The number of aliphatic imine (C=N–C) groups is 1. The zero-order valence-corrected chi connectivity index (χ0v) is 16.9. The molecule has 0 aromatic heterocycles. The first-order chi connectivity index (χ1) is 13.0. The van der Waals surface area contributed by atoms with Crippen LogP contribution in [-0.2, 0) is 4.79 Å². The summed E-state index contributed by atoms with van der Waals surface area (Å²) in [4.78, 5) is 15.9. The monoisotopic (exact) mass is 361 g/mol. The molecule has 0 aliphatic heterocycles. The Morgan fingerprint density at radius 2 is 1.85 bits per heavy atom. The molecule has 1 aromatic carbocycles. The van der Waals surface area contributed by atoms with Gasteiger partial charge in [0.15, 0.2) is 0 Å². The van der Waals surface area contributed by atoms with Gasteiger partial charge in [0.25, 0.3) is 0 Å². The normalized spacial score (nSPS) is 15.2. The van der Waals surface area contributed by atoms with Crippen molar-refractivity contribution >= 4 is 11.5 Å². The molecule has 0 bridgehead atoms. The van der Waals surface area contributed by atoms with Gasteiger partial charge < -0.3 is 4.79 Å². The maximum atomic E-state index is 11.3. The van der Waals surface area contributed by atoms with Gasteiger partial charge >= 0.3 is 0 Å². The fourth-order valence-corrected chi connectivity index (χ4v) is 3.37. The molecule has 0 fully saturated rings. The number of unbranched alkanes of at least 4 members (excludes halogenated alkanes) is 1. The van der Waals surface area contributed by atoms with Gasteiger partial charge in [-0.05, 0) is 74.3 Å². The molecule has 0 unspecified atom stereocenters. The number of ketones is 1. The van der Waals surface area contributed by atoms with Crippen LogP contribution in [0, 0.1) is 0 Å². The molecular weight excluding hydrogens is 330 g/mol. The van der Waals surface area contributed by atoms with E-state index in [4.69, 9.17) is 0 Å². The lowest BCUT2D eigenvalue weighted by molar-refractivity contribution is -0.117. The molecule has 142 valence electrons. The number of hydrogen-bond donors (Lipinski definition) is 0. The van der Waals surface area contributed by atoms with E-state index in [0.717, 1.165) is 49.0 Å². The van der Waals surface area contributed by atoms with Crippen LogP contribution in [0.25, 0.3) is 0 Å². The van der Waals surface area contributed by atoms with Gasteiger partial charge in [0, 0.05) is 13.5 Å². The van der Waals surface area contributed by atoms with Crippen molar-refractivity contribution in [2.75, 3.05) is 7.05 Å². The summed E-state index contributed by atoms with van der Waals surface area (Å²) in [5.74, 6) is 0.261. The SMILES string of the molecule is C=C(C)C1=CC(/C=C(/CCCCC(C)=O)C(=NC)c2ccccc2)=CCC1. The van der Waals surface area contributed by atoms with Crippen LogP contribution in [0.15, 0.2) is 82.4 Å². The second-order valence-electron chi connectivity index (χ2n) is 7.21. The summed E-state index contributed by atoms with van der Waals surface area (Å²) in [5, 5.41) is 0. The van der Waals surface area contributed by atoms with Crippen LogP contribution in [-0.4, -0.2) is 18.5 Å². The van der Waals surface area contributed by atoms with Gasteiger partial charge in [0.05, 0.1) is 5.71 Å². The summed E-state index contributed by atoms with van der Waals surface area (Å²) < 4.78 is 0. The van der Waals surface area contributed by atoms with E-state index < -0.39 is 0 Å². The molecule has 0 N–H and O–H groups in total. The van der Waals surface area contributed by atoms with Crippen LogP contribution >= 0.6 is 0 Å². The van der Waals surface area contributed by atoms with Crippen LogP contribution in [0.3, 0.4) is 0 Å².